The largest absolute Gasteiger partial charge is 0.462 e. The molecule has 6 heteroatoms. The summed E-state index contributed by atoms with van der Waals surface area (Å²) in [4.78, 5) is 38.2. The summed E-state index contributed by atoms with van der Waals surface area (Å²) in [6.45, 7) is 6.54. The van der Waals surface area contributed by atoms with E-state index >= 15 is 0 Å². The highest BCUT2D eigenvalue weighted by atomic mass is 16.6. The summed E-state index contributed by atoms with van der Waals surface area (Å²) >= 11 is 0. The van der Waals surface area contributed by atoms with E-state index in [0.29, 0.717) is 19.3 Å². The number of allylic oxidation sites excluding steroid dienone is 8. The van der Waals surface area contributed by atoms with E-state index in [1.165, 1.54) is 205 Å². The average Bonchev–Trinajstić information content (AvgIpc) is 3.39. The summed E-state index contributed by atoms with van der Waals surface area (Å²) < 4.78 is 16.9. The Morgan fingerprint density at radius 3 is 0.836 bits per heavy atom. The van der Waals surface area contributed by atoms with E-state index in [1.54, 1.807) is 0 Å². The van der Waals surface area contributed by atoms with Crippen molar-refractivity contribution in [2.24, 2.45) is 0 Å². The molecule has 0 aromatic carbocycles. The molecule has 0 saturated carbocycles. The van der Waals surface area contributed by atoms with Gasteiger partial charge < -0.3 is 14.2 Å². The quantitative estimate of drug-likeness (QED) is 0.0261. The van der Waals surface area contributed by atoms with Gasteiger partial charge in [-0.2, -0.15) is 0 Å². The minimum absolute atomic E-state index is 0.0789. The maximum Gasteiger partial charge on any atom is 0.306 e. The summed E-state index contributed by atoms with van der Waals surface area (Å²) in [5.41, 5.74) is 0. The lowest BCUT2D eigenvalue weighted by Gasteiger charge is -2.18. The summed E-state index contributed by atoms with van der Waals surface area (Å²) in [5.74, 6) is -0.886. The first kappa shape index (κ1) is 70.4. The second-order valence-corrected chi connectivity index (χ2v) is 21.7. The third-order valence-corrected chi connectivity index (χ3v) is 14.3. The number of esters is 3. The number of unbranched alkanes of at least 4 members (excludes halogenated alkanes) is 40. The van der Waals surface area contributed by atoms with Crippen molar-refractivity contribution >= 4 is 17.9 Å². The first-order valence-corrected chi connectivity index (χ1v) is 32.1. The van der Waals surface area contributed by atoms with E-state index in [-0.39, 0.29) is 31.1 Å². The molecule has 6 nitrogen and oxygen atoms in total. The topological polar surface area (TPSA) is 78.9 Å². The minimum atomic E-state index is -0.782. The van der Waals surface area contributed by atoms with Gasteiger partial charge in [-0.05, 0) is 57.8 Å². The van der Waals surface area contributed by atoms with Crippen LogP contribution >= 0.6 is 0 Å². The molecule has 0 aromatic heterocycles. The molecule has 0 radical (unpaired) electrons. The van der Waals surface area contributed by atoms with Crippen LogP contribution < -0.4 is 0 Å². The predicted octanol–water partition coefficient (Wildman–Crippen LogP) is 21.8. The molecule has 0 N–H and O–H groups in total. The SMILES string of the molecule is CC/C=C\C/C=C\C/C=C\C/C=C\CCCCCCC(=O)OC(COC(=O)CCCCCCCCCCCC)COC(=O)CCCCCCCCCCCCCCCCCCCCCCCCCCCCCC. The molecule has 0 rings (SSSR count). The van der Waals surface area contributed by atoms with Crippen LogP contribution in [0.3, 0.4) is 0 Å². The lowest BCUT2D eigenvalue weighted by Crippen LogP contribution is -2.30. The summed E-state index contributed by atoms with van der Waals surface area (Å²) in [6, 6.07) is 0. The van der Waals surface area contributed by atoms with Crippen LogP contribution in [0.25, 0.3) is 0 Å². The predicted molar refractivity (Wildman–Crippen MR) is 316 cm³/mol. The molecule has 0 amide bonds. The van der Waals surface area contributed by atoms with Crippen LogP contribution in [-0.4, -0.2) is 37.2 Å². The van der Waals surface area contributed by atoms with Gasteiger partial charge >= 0.3 is 17.9 Å². The Hall–Kier alpha value is -2.63. The Morgan fingerprint density at radius 1 is 0.288 bits per heavy atom. The normalized spacial score (nSPS) is 12.3. The van der Waals surface area contributed by atoms with Crippen LogP contribution in [0.2, 0.25) is 0 Å². The molecule has 0 aliphatic rings. The van der Waals surface area contributed by atoms with Crippen molar-refractivity contribution in [3.05, 3.63) is 48.6 Å². The number of rotatable bonds is 59. The molecule has 0 aliphatic carbocycles. The molecule has 1 atom stereocenters. The van der Waals surface area contributed by atoms with Crippen molar-refractivity contribution in [1.82, 2.24) is 0 Å². The molecule has 0 spiro atoms. The highest BCUT2D eigenvalue weighted by Gasteiger charge is 2.19. The Morgan fingerprint density at radius 2 is 0.534 bits per heavy atom. The van der Waals surface area contributed by atoms with Crippen molar-refractivity contribution in [2.75, 3.05) is 13.2 Å². The van der Waals surface area contributed by atoms with Crippen LogP contribution in [-0.2, 0) is 28.6 Å². The highest BCUT2D eigenvalue weighted by Crippen LogP contribution is 2.18. The molecule has 0 bridgehead atoms. The van der Waals surface area contributed by atoms with E-state index in [2.05, 4.69) is 69.4 Å². The average molecular weight is 1020 g/mol. The zero-order chi connectivity index (χ0) is 52.9. The molecule has 0 aromatic rings. The van der Waals surface area contributed by atoms with E-state index in [4.69, 9.17) is 14.2 Å². The standard InChI is InChI=1S/C67H122O6/c1-4-7-10-13-16-19-22-24-26-28-29-30-31-32-33-34-35-36-37-38-40-41-43-45-48-51-54-57-60-66(69)72-63-64(62-71-65(68)59-56-53-50-47-21-18-15-12-9-6-3)73-67(70)61-58-55-52-49-46-44-42-39-27-25-23-20-17-14-11-8-5-2/h8,11,17,20,25,27,42,44,64H,4-7,9-10,12-16,18-19,21-24,26,28-41,43,45-63H2,1-3H3/b11-8-,20-17-,27-25-,44-42-. The minimum Gasteiger partial charge on any atom is -0.462 e. The number of ether oxygens (including phenoxy) is 3. The van der Waals surface area contributed by atoms with Crippen LogP contribution in [0.4, 0.5) is 0 Å². The summed E-state index contributed by atoms with van der Waals surface area (Å²) in [7, 11) is 0. The zero-order valence-electron chi connectivity index (χ0n) is 48.9. The van der Waals surface area contributed by atoms with E-state index in [9.17, 15) is 14.4 Å². The van der Waals surface area contributed by atoms with Crippen LogP contribution in [0.5, 0.6) is 0 Å². The van der Waals surface area contributed by atoms with Crippen molar-refractivity contribution in [3.63, 3.8) is 0 Å². The molecule has 0 aliphatic heterocycles. The second kappa shape index (κ2) is 61.9. The van der Waals surface area contributed by atoms with Gasteiger partial charge in [-0.1, -0.05) is 313 Å². The summed E-state index contributed by atoms with van der Waals surface area (Å²) in [5, 5.41) is 0. The van der Waals surface area contributed by atoms with Crippen molar-refractivity contribution in [1.29, 1.82) is 0 Å². The molecule has 426 valence electrons. The maximum absolute atomic E-state index is 12.9. The third-order valence-electron chi connectivity index (χ3n) is 14.3. The molecule has 0 saturated heterocycles. The van der Waals surface area contributed by atoms with Crippen molar-refractivity contribution < 1.29 is 28.6 Å². The van der Waals surface area contributed by atoms with Gasteiger partial charge in [-0.25, -0.2) is 0 Å². The van der Waals surface area contributed by atoms with Gasteiger partial charge in [0.1, 0.15) is 13.2 Å². The third kappa shape index (κ3) is 60.1. The van der Waals surface area contributed by atoms with Gasteiger partial charge in [0, 0.05) is 19.3 Å². The summed E-state index contributed by atoms with van der Waals surface area (Å²) in [6.07, 6.45) is 77.1. The molecule has 0 fully saturated rings. The first-order chi connectivity index (χ1) is 36.0. The zero-order valence-corrected chi connectivity index (χ0v) is 48.9. The molecular weight excluding hydrogens is 901 g/mol. The Kier molecular flexibility index (Phi) is 59.7. The van der Waals surface area contributed by atoms with E-state index in [1.807, 2.05) is 0 Å². The van der Waals surface area contributed by atoms with Crippen LogP contribution in [0, 0.1) is 0 Å². The fraction of sp³-hybridized carbons (Fsp3) is 0.836. The maximum atomic E-state index is 12.9. The lowest BCUT2D eigenvalue weighted by molar-refractivity contribution is -0.167. The second-order valence-electron chi connectivity index (χ2n) is 21.7. The van der Waals surface area contributed by atoms with Gasteiger partial charge in [0.2, 0.25) is 0 Å². The van der Waals surface area contributed by atoms with Gasteiger partial charge in [0.15, 0.2) is 6.10 Å². The Labute approximate surface area is 454 Å². The van der Waals surface area contributed by atoms with Crippen LogP contribution in [0.15, 0.2) is 48.6 Å². The van der Waals surface area contributed by atoms with E-state index in [0.717, 1.165) is 96.3 Å². The number of carbonyl (C=O) groups excluding carboxylic acids is 3. The molecule has 1 unspecified atom stereocenters. The van der Waals surface area contributed by atoms with Crippen LogP contribution in [0.1, 0.15) is 342 Å². The van der Waals surface area contributed by atoms with Crippen molar-refractivity contribution in [2.45, 2.75) is 348 Å². The fourth-order valence-corrected chi connectivity index (χ4v) is 9.56. The first-order valence-electron chi connectivity index (χ1n) is 32.1. The van der Waals surface area contributed by atoms with E-state index < -0.39 is 6.10 Å². The highest BCUT2D eigenvalue weighted by molar-refractivity contribution is 5.71. The molecular formula is C67H122O6. The molecule has 0 heterocycles. The monoisotopic (exact) mass is 1020 g/mol. The number of hydrogen-bond donors (Lipinski definition) is 0. The Bertz CT molecular complexity index is 1270. The van der Waals surface area contributed by atoms with Crippen molar-refractivity contribution in [3.8, 4) is 0 Å². The van der Waals surface area contributed by atoms with Gasteiger partial charge in [-0.3, -0.25) is 14.4 Å². The number of hydrogen-bond acceptors (Lipinski definition) is 6. The van der Waals surface area contributed by atoms with Gasteiger partial charge in [0.25, 0.3) is 0 Å². The molecule has 73 heavy (non-hydrogen) atoms. The van der Waals surface area contributed by atoms with Gasteiger partial charge in [-0.15, -0.1) is 0 Å². The smallest absolute Gasteiger partial charge is 0.306 e. The Balaban J connectivity index is 4.15. The lowest BCUT2D eigenvalue weighted by atomic mass is 10.0. The van der Waals surface area contributed by atoms with Gasteiger partial charge in [0.05, 0.1) is 0 Å². The fourth-order valence-electron chi connectivity index (χ4n) is 9.56. The number of carbonyl (C=O) groups is 3.